The maximum atomic E-state index is 12.4. The highest BCUT2D eigenvalue weighted by Gasteiger charge is 2.49. The number of aryl methyl sites for hydroxylation is 1. The Hall–Kier alpha value is -2.97. The third kappa shape index (κ3) is 2.73. The number of nitrogens with one attached hydrogen (secondary N) is 1. The first-order valence-electron chi connectivity index (χ1n) is 9.28. The van der Waals surface area contributed by atoms with Gasteiger partial charge in [0.05, 0.1) is 0 Å². The highest BCUT2D eigenvalue weighted by molar-refractivity contribution is 5.91. The predicted molar refractivity (Wildman–Crippen MR) is 96.3 cm³/mol. The molecule has 5 rings (SSSR count). The minimum Gasteiger partial charge on any atom is -0.456 e. The molecule has 1 saturated carbocycles. The lowest BCUT2D eigenvalue weighted by Gasteiger charge is -2.29. The van der Waals surface area contributed by atoms with Crippen LogP contribution in [0, 0.1) is 18.3 Å². The molecule has 2 aliphatic rings. The van der Waals surface area contributed by atoms with Crippen LogP contribution in [0.2, 0.25) is 0 Å². The summed E-state index contributed by atoms with van der Waals surface area (Å²) in [5.74, 6) is 2.39. The number of aromatic nitrogens is 5. The first-order chi connectivity index (χ1) is 13.1. The van der Waals surface area contributed by atoms with Crippen molar-refractivity contribution in [3.05, 3.63) is 35.8 Å². The summed E-state index contributed by atoms with van der Waals surface area (Å²) >= 11 is 0. The fourth-order valence-electron chi connectivity index (χ4n) is 4.59. The molecule has 4 heterocycles. The average Bonchev–Trinajstić information content (AvgIpc) is 3.41. The lowest BCUT2D eigenvalue weighted by Crippen LogP contribution is -2.40. The van der Waals surface area contributed by atoms with Gasteiger partial charge in [0.25, 0.3) is 5.91 Å². The van der Waals surface area contributed by atoms with E-state index < -0.39 is 0 Å². The molecule has 2 fully saturated rings. The van der Waals surface area contributed by atoms with Crippen molar-refractivity contribution in [2.24, 2.45) is 11.3 Å². The molecule has 1 N–H and O–H groups in total. The molecule has 3 aromatic heterocycles. The second kappa shape index (κ2) is 6.04. The van der Waals surface area contributed by atoms with Crippen LogP contribution in [0.5, 0.6) is 0 Å². The standard InChI is InChI=1S/C18H21N7O2/c1-12-4-5-14(27-12)17(26)19-10-18-8-2-3-13(18)9-24(11-18)16-7-6-15-20-22-23-25(15)21-16/h4-7,13H,2-3,8-11H2,1H3,(H,19,26)/t13-,18-/m0/s1. The number of furan rings is 1. The topological polar surface area (TPSA) is 101 Å². The maximum Gasteiger partial charge on any atom is 0.287 e. The van der Waals surface area contributed by atoms with Crippen molar-refractivity contribution in [1.29, 1.82) is 0 Å². The first-order valence-corrected chi connectivity index (χ1v) is 9.28. The monoisotopic (exact) mass is 367 g/mol. The molecule has 140 valence electrons. The number of fused-ring (bicyclic) bond motifs is 2. The van der Waals surface area contributed by atoms with Gasteiger partial charge >= 0.3 is 0 Å². The molecule has 0 bridgehead atoms. The van der Waals surface area contributed by atoms with Gasteiger partial charge in [-0.1, -0.05) is 6.42 Å². The summed E-state index contributed by atoms with van der Waals surface area (Å²) in [6, 6.07) is 7.37. The maximum absolute atomic E-state index is 12.4. The van der Waals surface area contributed by atoms with Gasteiger partial charge in [0, 0.05) is 25.0 Å². The smallest absolute Gasteiger partial charge is 0.287 e. The van der Waals surface area contributed by atoms with E-state index >= 15 is 0 Å². The van der Waals surface area contributed by atoms with Crippen LogP contribution >= 0.6 is 0 Å². The van der Waals surface area contributed by atoms with E-state index in [1.54, 1.807) is 6.07 Å². The molecule has 0 spiro atoms. The number of amides is 1. The molecule has 1 aliphatic carbocycles. The van der Waals surface area contributed by atoms with E-state index in [0.29, 0.717) is 23.9 Å². The molecule has 1 aliphatic heterocycles. The first kappa shape index (κ1) is 16.2. The van der Waals surface area contributed by atoms with Gasteiger partial charge in [-0.05, 0) is 60.4 Å². The molecule has 1 amide bonds. The molecule has 3 aromatic rings. The number of carbonyl (C=O) groups excluding carboxylic acids is 1. The Morgan fingerprint density at radius 3 is 3.15 bits per heavy atom. The van der Waals surface area contributed by atoms with Crippen molar-refractivity contribution >= 4 is 17.4 Å². The minimum atomic E-state index is -0.144. The van der Waals surface area contributed by atoms with Crippen molar-refractivity contribution < 1.29 is 9.21 Å². The Morgan fingerprint density at radius 1 is 1.37 bits per heavy atom. The van der Waals surface area contributed by atoms with Crippen molar-refractivity contribution in [1.82, 2.24) is 30.6 Å². The van der Waals surface area contributed by atoms with Gasteiger partial charge in [-0.25, -0.2) is 0 Å². The molecule has 0 aromatic carbocycles. The molecule has 27 heavy (non-hydrogen) atoms. The van der Waals surface area contributed by atoms with Gasteiger partial charge in [0.1, 0.15) is 5.76 Å². The highest BCUT2D eigenvalue weighted by atomic mass is 16.3. The molecule has 0 radical (unpaired) electrons. The van der Waals surface area contributed by atoms with E-state index in [2.05, 4.69) is 30.8 Å². The van der Waals surface area contributed by atoms with E-state index in [-0.39, 0.29) is 11.3 Å². The van der Waals surface area contributed by atoms with Crippen molar-refractivity contribution in [2.45, 2.75) is 26.2 Å². The summed E-state index contributed by atoms with van der Waals surface area (Å²) in [7, 11) is 0. The van der Waals surface area contributed by atoms with Gasteiger partial charge in [0.2, 0.25) is 0 Å². The number of hydrogen-bond acceptors (Lipinski definition) is 7. The molecular formula is C18H21N7O2. The van der Waals surface area contributed by atoms with Crippen LogP contribution < -0.4 is 10.2 Å². The number of anilines is 1. The van der Waals surface area contributed by atoms with Crippen LogP contribution in [-0.2, 0) is 0 Å². The second-order valence-electron chi connectivity index (χ2n) is 7.64. The normalized spacial score (nSPS) is 24.5. The van der Waals surface area contributed by atoms with E-state index in [0.717, 1.165) is 31.1 Å². The van der Waals surface area contributed by atoms with Crippen molar-refractivity contribution in [2.75, 3.05) is 24.5 Å². The number of carbonyl (C=O) groups is 1. The van der Waals surface area contributed by atoms with Crippen LogP contribution in [0.3, 0.4) is 0 Å². The van der Waals surface area contributed by atoms with Gasteiger partial charge in [-0.15, -0.1) is 14.8 Å². The Labute approximate surface area is 155 Å². The lowest BCUT2D eigenvalue weighted by atomic mass is 9.80. The Morgan fingerprint density at radius 2 is 2.30 bits per heavy atom. The van der Waals surface area contributed by atoms with Crippen LogP contribution in [0.15, 0.2) is 28.7 Å². The Bertz CT molecular complexity index is 996. The third-order valence-electron chi connectivity index (χ3n) is 5.98. The predicted octanol–water partition coefficient (Wildman–Crippen LogP) is 1.46. The molecule has 1 saturated heterocycles. The zero-order valence-corrected chi connectivity index (χ0v) is 15.1. The van der Waals surface area contributed by atoms with E-state index in [4.69, 9.17) is 4.42 Å². The quantitative estimate of drug-likeness (QED) is 0.745. The van der Waals surface area contributed by atoms with E-state index in [1.165, 1.54) is 17.5 Å². The number of rotatable bonds is 4. The van der Waals surface area contributed by atoms with Crippen LogP contribution in [0.4, 0.5) is 5.82 Å². The third-order valence-corrected chi connectivity index (χ3v) is 5.98. The summed E-state index contributed by atoms with van der Waals surface area (Å²) in [6.07, 6.45) is 3.49. The molecule has 2 atom stereocenters. The summed E-state index contributed by atoms with van der Waals surface area (Å²) < 4.78 is 6.89. The fraction of sp³-hybridized carbons (Fsp3) is 0.500. The zero-order chi connectivity index (χ0) is 18.4. The zero-order valence-electron chi connectivity index (χ0n) is 15.1. The molecular weight excluding hydrogens is 346 g/mol. The Kier molecular flexibility index (Phi) is 3.63. The molecule has 9 nitrogen and oxygen atoms in total. The Balaban J connectivity index is 1.33. The van der Waals surface area contributed by atoms with Gasteiger partial charge < -0.3 is 14.6 Å². The number of hydrogen-bond donors (Lipinski definition) is 1. The second-order valence-corrected chi connectivity index (χ2v) is 7.64. The number of nitrogens with zero attached hydrogens (tertiary/aromatic N) is 6. The van der Waals surface area contributed by atoms with E-state index in [1.807, 2.05) is 25.1 Å². The summed E-state index contributed by atoms with van der Waals surface area (Å²) in [5, 5.41) is 19.1. The van der Waals surface area contributed by atoms with Gasteiger partial charge in [-0.2, -0.15) is 0 Å². The van der Waals surface area contributed by atoms with Crippen LogP contribution in [0.1, 0.15) is 35.6 Å². The average molecular weight is 367 g/mol. The summed E-state index contributed by atoms with van der Waals surface area (Å²) in [4.78, 5) is 14.7. The SMILES string of the molecule is Cc1ccc(C(=O)NC[C@]23CCC[C@H]2CN(c2ccc4nnnn4n2)C3)o1. The molecule has 9 heteroatoms. The highest BCUT2D eigenvalue weighted by Crippen LogP contribution is 2.49. The molecule has 0 unspecified atom stereocenters. The van der Waals surface area contributed by atoms with Crippen LogP contribution in [0.25, 0.3) is 5.65 Å². The minimum absolute atomic E-state index is 0.0779. The van der Waals surface area contributed by atoms with Crippen molar-refractivity contribution in [3.63, 3.8) is 0 Å². The van der Waals surface area contributed by atoms with Gasteiger partial charge in [0.15, 0.2) is 17.2 Å². The summed E-state index contributed by atoms with van der Waals surface area (Å²) in [5.41, 5.74) is 0.711. The number of tetrazole rings is 1. The lowest BCUT2D eigenvalue weighted by molar-refractivity contribution is 0.0898. The summed E-state index contributed by atoms with van der Waals surface area (Å²) in [6.45, 7) is 4.30. The van der Waals surface area contributed by atoms with Crippen molar-refractivity contribution in [3.8, 4) is 0 Å². The van der Waals surface area contributed by atoms with E-state index in [9.17, 15) is 4.79 Å². The van der Waals surface area contributed by atoms with Gasteiger partial charge in [-0.3, -0.25) is 4.79 Å². The fourth-order valence-corrected chi connectivity index (χ4v) is 4.59. The van der Waals surface area contributed by atoms with Crippen LogP contribution in [-0.4, -0.2) is 50.8 Å². The largest absolute Gasteiger partial charge is 0.456 e.